The molecule has 0 bridgehead atoms. The zero-order valence-corrected chi connectivity index (χ0v) is 10.6. The minimum Gasteiger partial charge on any atom is -0.341 e. The number of aryl methyl sites for hydroxylation is 1. The van der Waals surface area contributed by atoms with Crippen molar-refractivity contribution in [3.63, 3.8) is 0 Å². The Kier molecular flexibility index (Phi) is 2.83. The first-order valence-corrected chi connectivity index (χ1v) is 6.08. The molecular formula is C15H13N3O. The van der Waals surface area contributed by atoms with Gasteiger partial charge in [-0.25, -0.2) is 0 Å². The summed E-state index contributed by atoms with van der Waals surface area (Å²) < 4.78 is 2.03. The van der Waals surface area contributed by atoms with Crippen LogP contribution in [-0.2, 0) is 6.54 Å². The van der Waals surface area contributed by atoms with Gasteiger partial charge in [0.05, 0.1) is 16.6 Å². The Morgan fingerprint density at radius 2 is 2.16 bits per heavy atom. The van der Waals surface area contributed by atoms with Crippen molar-refractivity contribution < 1.29 is 4.79 Å². The highest BCUT2D eigenvalue weighted by Gasteiger charge is 2.08. The molecule has 0 aliphatic rings. The molecule has 0 aliphatic carbocycles. The summed E-state index contributed by atoms with van der Waals surface area (Å²) in [6, 6.07) is 7.88. The van der Waals surface area contributed by atoms with Crippen LogP contribution < -0.4 is 0 Å². The van der Waals surface area contributed by atoms with Gasteiger partial charge in [0.15, 0.2) is 6.29 Å². The SMILES string of the molecule is Cc1ccc(Cn2cc(C=O)c3ncccc32)cn1. The second-order valence-corrected chi connectivity index (χ2v) is 4.51. The maximum atomic E-state index is 11.1. The van der Waals surface area contributed by atoms with Crippen molar-refractivity contribution in [1.29, 1.82) is 0 Å². The highest BCUT2D eigenvalue weighted by Crippen LogP contribution is 2.18. The Hall–Kier alpha value is -2.49. The van der Waals surface area contributed by atoms with Crippen LogP contribution in [0, 0.1) is 6.92 Å². The van der Waals surface area contributed by atoms with E-state index in [1.807, 2.05) is 48.1 Å². The molecule has 0 spiro atoms. The zero-order chi connectivity index (χ0) is 13.2. The lowest BCUT2D eigenvalue weighted by Crippen LogP contribution is -1.98. The molecule has 3 heterocycles. The van der Waals surface area contributed by atoms with Crippen LogP contribution in [0.5, 0.6) is 0 Å². The molecule has 0 saturated carbocycles. The Labute approximate surface area is 110 Å². The predicted molar refractivity (Wildman–Crippen MR) is 73.2 cm³/mol. The molecular weight excluding hydrogens is 238 g/mol. The molecule has 94 valence electrons. The third-order valence-electron chi connectivity index (χ3n) is 3.12. The van der Waals surface area contributed by atoms with Gasteiger partial charge >= 0.3 is 0 Å². The van der Waals surface area contributed by atoms with E-state index < -0.39 is 0 Å². The Balaban J connectivity index is 2.05. The number of carbonyl (C=O) groups is 1. The summed E-state index contributed by atoms with van der Waals surface area (Å²) in [5.74, 6) is 0. The molecule has 0 amide bonds. The third-order valence-corrected chi connectivity index (χ3v) is 3.12. The molecule has 0 saturated heterocycles. The van der Waals surface area contributed by atoms with E-state index in [0.717, 1.165) is 28.6 Å². The quantitative estimate of drug-likeness (QED) is 0.672. The summed E-state index contributed by atoms with van der Waals surface area (Å²) in [6.45, 7) is 2.65. The number of rotatable bonds is 3. The van der Waals surface area contributed by atoms with Crippen molar-refractivity contribution in [2.24, 2.45) is 0 Å². The number of nitrogens with zero attached hydrogens (tertiary/aromatic N) is 3. The van der Waals surface area contributed by atoms with E-state index in [1.165, 1.54) is 0 Å². The average molecular weight is 251 g/mol. The molecule has 0 radical (unpaired) electrons. The topological polar surface area (TPSA) is 47.8 Å². The van der Waals surface area contributed by atoms with Gasteiger partial charge in [-0.2, -0.15) is 0 Å². The van der Waals surface area contributed by atoms with Crippen LogP contribution in [0.4, 0.5) is 0 Å². The molecule has 3 aromatic rings. The van der Waals surface area contributed by atoms with E-state index >= 15 is 0 Å². The van der Waals surface area contributed by atoms with Crippen molar-refractivity contribution in [3.05, 3.63) is 59.7 Å². The van der Waals surface area contributed by atoms with Gasteiger partial charge in [0.25, 0.3) is 0 Å². The maximum Gasteiger partial charge on any atom is 0.153 e. The van der Waals surface area contributed by atoms with E-state index in [-0.39, 0.29) is 0 Å². The van der Waals surface area contributed by atoms with Gasteiger partial charge in [0.1, 0.15) is 0 Å². The molecule has 3 rings (SSSR count). The third kappa shape index (κ3) is 2.12. The molecule has 3 aromatic heterocycles. The van der Waals surface area contributed by atoms with Crippen molar-refractivity contribution in [1.82, 2.24) is 14.5 Å². The number of aromatic nitrogens is 3. The zero-order valence-electron chi connectivity index (χ0n) is 10.6. The summed E-state index contributed by atoms with van der Waals surface area (Å²) in [6.07, 6.45) is 6.25. The number of fused-ring (bicyclic) bond motifs is 1. The first-order chi connectivity index (χ1) is 9.28. The molecule has 4 heteroatoms. The smallest absolute Gasteiger partial charge is 0.153 e. The molecule has 0 unspecified atom stereocenters. The van der Waals surface area contributed by atoms with Gasteiger partial charge < -0.3 is 4.57 Å². The number of carbonyl (C=O) groups excluding carboxylic acids is 1. The van der Waals surface area contributed by atoms with E-state index in [4.69, 9.17) is 0 Å². The van der Waals surface area contributed by atoms with Crippen LogP contribution in [0.2, 0.25) is 0 Å². The van der Waals surface area contributed by atoms with Crippen LogP contribution in [0.15, 0.2) is 42.9 Å². The molecule has 0 atom stereocenters. The fraction of sp³-hybridized carbons (Fsp3) is 0.133. The predicted octanol–water partition coefficient (Wildman–Crippen LogP) is 2.60. The lowest BCUT2D eigenvalue weighted by molar-refractivity contribution is 0.112. The first kappa shape index (κ1) is 11.6. The van der Waals surface area contributed by atoms with Gasteiger partial charge in [-0.15, -0.1) is 0 Å². The monoisotopic (exact) mass is 251 g/mol. The van der Waals surface area contributed by atoms with Crippen LogP contribution in [-0.4, -0.2) is 20.8 Å². The summed E-state index contributed by atoms with van der Waals surface area (Å²) >= 11 is 0. The van der Waals surface area contributed by atoms with Crippen LogP contribution in [0.25, 0.3) is 11.0 Å². The maximum absolute atomic E-state index is 11.1. The number of hydrogen-bond acceptors (Lipinski definition) is 3. The molecule has 0 aliphatic heterocycles. The summed E-state index contributed by atoms with van der Waals surface area (Å²) in [4.78, 5) is 19.6. The summed E-state index contributed by atoms with van der Waals surface area (Å²) in [5.41, 5.74) is 4.43. The highest BCUT2D eigenvalue weighted by molar-refractivity contribution is 5.94. The van der Waals surface area contributed by atoms with E-state index in [9.17, 15) is 4.79 Å². The first-order valence-electron chi connectivity index (χ1n) is 6.08. The normalized spacial score (nSPS) is 10.8. The second kappa shape index (κ2) is 4.65. The largest absolute Gasteiger partial charge is 0.341 e. The molecule has 0 N–H and O–H groups in total. The minimum absolute atomic E-state index is 0.621. The van der Waals surface area contributed by atoms with Crippen molar-refractivity contribution >= 4 is 17.3 Å². The van der Waals surface area contributed by atoms with Gasteiger partial charge in [-0.3, -0.25) is 14.8 Å². The van der Waals surface area contributed by atoms with Gasteiger partial charge in [-0.05, 0) is 30.7 Å². The summed E-state index contributed by atoms with van der Waals surface area (Å²) in [5, 5.41) is 0. The lowest BCUT2D eigenvalue weighted by atomic mass is 10.2. The minimum atomic E-state index is 0.621. The van der Waals surface area contributed by atoms with E-state index in [0.29, 0.717) is 12.1 Å². The van der Waals surface area contributed by atoms with E-state index in [1.54, 1.807) is 6.20 Å². The lowest BCUT2D eigenvalue weighted by Gasteiger charge is -2.05. The second-order valence-electron chi connectivity index (χ2n) is 4.51. The van der Waals surface area contributed by atoms with Crippen LogP contribution >= 0.6 is 0 Å². The Morgan fingerprint density at radius 1 is 1.26 bits per heavy atom. The Morgan fingerprint density at radius 3 is 2.89 bits per heavy atom. The fourth-order valence-electron chi connectivity index (χ4n) is 2.16. The van der Waals surface area contributed by atoms with Crippen molar-refractivity contribution in [3.8, 4) is 0 Å². The van der Waals surface area contributed by atoms with Gasteiger partial charge in [-0.1, -0.05) is 6.07 Å². The average Bonchev–Trinajstić information content (AvgIpc) is 2.80. The molecule has 0 aromatic carbocycles. The van der Waals surface area contributed by atoms with Gasteiger partial charge in [0.2, 0.25) is 0 Å². The Bertz CT molecular complexity index is 729. The van der Waals surface area contributed by atoms with Gasteiger partial charge in [0, 0.05) is 30.8 Å². The molecule has 4 nitrogen and oxygen atoms in total. The van der Waals surface area contributed by atoms with Crippen molar-refractivity contribution in [2.75, 3.05) is 0 Å². The number of hydrogen-bond donors (Lipinski definition) is 0. The number of aldehydes is 1. The molecule has 0 fully saturated rings. The summed E-state index contributed by atoms with van der Waals surface area (Å²) in [7, 11) is 0. The van der Waals surface area contributed by atoms with Crippen molar-refractivity contribution in [2.45, 2.75) is 13.5 Å². The number of pyridine rings is 2. The van der Waals surface area contributed by atoms with Crippen LogP contribution in [0.3, 0.4) is 0 Å². The van der Waals surface area contributed by atoms with Crippen LogP contribution in [0.1, 0.15) is 21.6 Å². The standard InChI is InChI=1S/C15H13N3O/c1-11-4-5-12(7-17-11)8-18-9-13(10-19)15-14(18)3-2-6-16-15/h2-7,9-10H,8H2,1H3. The molecule has 19 heavy (non-hydrogen) atoms. The highest BCUT2D eigenvalue weighted by atomic mass is 16.1. The fourth-order valence-corrected chi connectivity index (χ4v) is 2.16. The van der Waals surface area contributed by atoms with E-state index in [2.05, 4.69) is 9.97 Å².